The first-order valence-corrected chi connectivity index (χ1v) is 5.79. The van der Waals surface area contributed by atoms with Crippen LogP contribution in [0.2, 0.25) is 5.02 Å². The summed E-state index contributed by atoms with van der Waals surface area (Å²) in [5.41, 5.74) is 0.548. The maximum Gasteiger partial charge on any atom is 0.252 e. The summed E-state index contributed by atoms with van der Waals surface area (Å²) in [4.78, 5) is 11.9. The summed E-state index contributed by atoms with van der Waals surface area (Å²) < 4.78 is 0. The number of halogens is 1. The van der Waals surface area contributed by atoms with Crippen molar-refractivity contribution in [2.45, 2.75) is 32.7 Å². The van der Waals surface area contributed by atoms with E-state index < -0.39 is 5.54 Å². The molecule has 1 unspecified atom stereocenters. The van der Waals surface area contributed by atoms with Crippen LogP contribution in [0.3, 0.4) is 0 Å². The van der Waals surface area contributed by atoms with Crippen molar-refractivity contribution in [3.05, 3.63) is 34.3 Å². The molecule has 0 radical (unpaired) electrons. The van der Waals surface area contributed by atoms with Gasteiger partial charge in [-0.3, -0.25) is 4.79 Å². The maximum absolute atomic E-state index is 11.9. The highest BCUT2D eigenvalue weighted by atomic mass is 35.5. The van der Waals surface area contributed by atoms with E-state index >= 15 is 0 Å². The van der Waals surface area contributed by atoms with Crippen LogP contribution in [0.4, 0.5) is 0 Å². The van der Waals surface area contributed by atoms with Crippen LogP contribution >= 0.6 is 11.6 Å². The zero-order valence-corrected chi connectivity index (χ0v) is 10.9. The van der Waals surface area contributed by atoms with E-state index in [1.807, 2.05) is 13.8 Å². The molecule has 0 aliphatic heterocycles. The van der Waals surface area contributed by atoms with Crippen molar-refractivity contribution in [3.63, 3.8) is 0 Å². The molecular formula is C13H15ClN2O. The first-order valence-electron chi connectivity index (χ1n) is 5.42. The summed E-state index contributed by atoms with van der Waals surface area (Å²) in [6.07, 6.45) is 0.550. The Morgan fingerprint density at radius 3 is 2.71 bits per heavy atom. The van der Waals surface area contributed by atoms with Crippen molar-refractivity contribution in [2.24, 2.45) is 0 Å². The summed E-state index contributed by atoms with van der Waals surface area (Å²) in [7, 11) is 0. The number of hydrogen-bond acceptors (Lipinski definition) is 2. The molecule has 1 aromatic carbocycles. The fraction of sp³-hybridized carbons (Fsp3) is 0.385. The number of aryl methyl sites for hydroxylation is 1. The number of nitriles is 1. The molecule has 3 nitrogen and oxygen atoms in total. The largest absolute Gasteiger partial charge is 0.334 e. The number of amides is 1. The molecule has 1 atom stereocenters. The number of rotatable bonds is 3. The average Bonchev–Trinajstić information content (AvgIpc) is 2.32. The van der Waals surface area contributed by atoms with Crippen LogP contribution in [-0.2, 0) is 0 Å². The van der Waals surface area contributed by atoms with Gasteiger partial charge in [0.05, 0.1) is 6.07 Å². The minimum atomic E-state index is -0.839. The molecule has 0 saturated heterocycles. The van der Waals surface area contributed by atoms with Gasteiger partial charge in [0.15, 0.2) is 0 Å². The highest BCUT2D eigenvalue weighted by Crippen LogP contribution is 2.17. The third-order valence-corrected chi connectivity index (χ3v) is 3.18. The second-order valence-electron chi connectivity index (χ2n) is 4.22. The summed E-state index contributed by atoms with van der Waals surface area (Å²) in [6.45, 7) is 5.42. The lowest BCUT2D eigenvalue weighted by Crippen LogP contribution is -2.44. The lowest BCUT2D eigenvalue weighted by Gasteiger charge is -2.21. The molecule has 0 aromatic heterocycles. The standard InChI is InChI=1S/C13H15ClN2O/c1-4-13(3,8-15)16-12(17)10-6-5-9(2)11(14)7-10/h5-7H,4H2,1-3H3,(H,16,17). The number of benzene rings is 1. The predicted molar refractivity (Wildman–Crippen MR) is 68.0 cm³/mol. The van der Waals surface area contributed by atoms with Crippen LogP contribution < -0.4 is 5.32 Å². The van der Waals surface area contributed by atoms with Crippen LogP contribution in [0, 0.1) is 18.3 Å². The molecule has 0 fully saturated rings. The highest BCUT2D eigenvalue weighted by molar-refractivity contribution is 6.31. The highest BCUT2D eigenvalue weighted by Gasteiger charge is 2.24. The van der Waals surface area contributed by atoms with E-state index in [2.05, 4.69) is 11.4 Å². The molecule has 17 heavy (non-hydrogen) atoms. The second kappa shape index (κ2) is 5.20. The van der Waals surface area contributed by atoms with Crippen LogP contribution in [0.1, 0.15) is 36.2 Å². The lowest BCUT2D eigenvalue weighted by molar-refractivity contribution is 0.0923. The van der Waals surface area contributed by atoms with E-state index in [-0.39, 0.29) is 5.91 Å². The quantitative estimate of drug-likeness (QED) is 0.896. The normalized spacial score (nSPS) is 13.6. The molecule has 0 saturated carbocycles. The molecule has 0 bridgehead atoms. The van der Waals surface area contributed by atoms with Crippen molar-refractivity contribution in [1.82, 2.24) is 5.32 Å². The van der Waals surface area contributed by atoms with Gasteiger partial charge in [-0.2, -0.15) is 5.26 Å². The Balaban J connectivity index is 2.91. The average molecular weight is 251 g/mol. The monoisotopic (exact) mass is 250 g/mol. The van der Waals surface area contributed by atoms with Crippen molar-refractivity contribution in [3.8, 4) is 6.07 Å². The fourth-order valence-corrected chi connectivity index (χ4v) is 1.43. The van der Waals surface area contributed by atoms with Gasteiger partial charge >= 0.3 is 0 Å². The fourth-order valence-electron chi connectivity index (χ4n) is 1.25. The Bertz CT molecular complexity index is 479. The number of hydrogen-bond donors (Lipinski definition) is 1. The summed E-state index contributed by atoms with van der Waals surface area (Å²) >= 11 is 5.95. The molecule has 0 aliphatic rings. The minimum Gasteiger partial charge on any atom is -0.334 e. The van der Waals surface area contributed by atoms with Gasteiger partial charge in [0.1, 0.15) is 5.54 Å². The lowest BCUT2D eigenvalue weighted by atomic mass is 10.0. The van der Waals surface area contributed by atoms with Crippen LogP contribution in [0.15, 0.2) is 18.2 Å². The van der Waals surface area contributed by atoms with Crippen molar-refractivity contribution >= 4 is 17.5 Å². The van der Waals surface area contributed by atoms with Crippen molar-refractivity contribution in [1.29, 1.82) is 5.26 Å². The van der Waals surface area contributed by atoms with E-state index in [1.54, 1.807) is 25.1 Å². The summed E-state index contributed by atoms with van der Waals surface area (Å²) in [5.74, 6) is -0.280. The van der Waals surface area contributed by atoms with Gasteiger partial charge in [0, 0.05) is 10.6 Å². The molecule has 0 spiro atoms. The van der Waals surface area contributed by atoms with E-state index in [1.165, 1.54) is 0 Å². The third-order valence-electron chi connectivity index (χ3n) is 2.78. The number of carbonyl (C=O) groups excluding carboxylic acids is 1. The molecular weight excluding hydrogens is 236 g/mol. The molecule has 1 rings (SSSR count). The predicted octanol–water partition coefficient (Wildman–Crippen LogP) is 3.07. The van der Waals surface area contributed by atoms with Gasteiger partial charge in [-0.05, 0) is 38.0 Å². The van der Waals surface area contributed by atoms with Crippen molar-refractivity contribution in [2.75, 3.05) is 0 Å². The topological polar surface area (TPSA) is 52.9 Å². The zero-order valence-electron chi connectivity index (χ0n) is 10.2. The van der Waals surface area contributed by atoms with Gasteiger partial charge < -0.3 is 5.32 Å². The summed E-state index contributed by atoms with van der Waals surface area (Å²) in [5, 5.41) is 12.2. The molecule has 0 aliphatic carbocycles. The Morgan fingerprint density at radius 1 is 1.59 bits per heavy atom. The summed E-state index contributed by atoms with van der Waals surface area (Å²) in [6, 6.07) is 7.18. The van der Waals surface area contributed by atoms with Gasteiger partial charge in [-0.15, -0.1) is 0 Å². The van der Waals surface area contributed by atoms with E-state index in [4.69, 9.17) is 16.9 Å². The van der Waals surface area contributed by atoms with Gasteiger partial charge in [-0.25, -0.2) is 0 Å². The smallest absolute Gasteiger partial charge is 0.252 e. The molecule has 0 heterocycles. The first-order chi connectivity index (χ1) is 7.91. The van der Waals surface area contributed by atoms with Gasteiger partial charge in [0.2, 0.25) is 0 Å². The van der Waals surface area contributed by atoms with Crippen molar-refractivity contribution < 1.29 is 4.79 Å². The molecule has 90 valence electrons. The Morgan fingerprint density at radius 2 is 2.24 bits per heavy atom. The number of carbonyl (C=O) groups is 1. The molecule has 1 N–H and O–H groups in total. The van der Waals surface area contributed by atoms with E-state index in [0.29, 0.717) is 17.0 Å². The third kappa shape index (κ3) is 3.21. The van der Waals surface area contributed by atoms with E-state index in [9.17, 15) is 4.79 Å². The Kier molecular flexibility index (Phi) is 4.14. The molecule has 1 amide bonds. The SMILES string of the molecule is CCC(C)(C#N)NC(=O)c1ccc(C)c(Cl)c1. The van der Waals surface area contributed by atoms with Crippen LogP contribution in [0.5, 0.6) is 0 Å². The minimum absolute atomic E-state index is 0.280. The van der Waals surface area contributed by atoms with Gasteiger partial charge in [-0.1, -0.05) is 24.6 Å². The van der Waals surface area contributed by atoms with Gasteiger partial charge in [0.25, 0.3) is 5.91 Å². The Hall–Kier alpha value is -1.53. The molecule has 4 heteroatoms. The van der Waals surface area contributed by atoms with Crippen LogP contribution in [-0.4, -0.2) is 11.4 Å². The van der Waals surface area contributed by atoms with E-state index in [0.717, 1.165) is 5.56 Å². The Labute approximate surface area is 106 Å². The molecule has 1 aromatic rings. The first kappa shape index (κ1) is 13.5. The zero-order chi connectivity index (χ0) is 13.1. The number of nitrogens with one attached hydrogen (secondary N) is 1. The van der Waals surface area contributed by atoms with Crippen LogP contribution in [0.25, 0.3) is 0 Å². The second-order valence-corrected chi connectivity index (χ2v) is 4.62. The maximum atomic E-state index is 11.9. The number of nitrogens with zero attached hydrogens (tertiary/aromatic N) is 1.